The van der Waals surface area contributed by atoms with Crippen molar-refractivity contribution in [1.82, 2.24) is 9.97 Å². The lowest BCUT2D eigenvalue weighted by molar-refractivity contribution is 0.0434. The fourth-order valence-electron chi connectivity index (χ4n) is 2.05. The van der Waals surface area contributed by atoms with Gasteiger partial charge in [0.2, 0.25) is 0 Å². The summed E-state index contributed by atoms with van der Waals surface area (Å²) in [7, 11) is 0. The Bertz CT molecular complexity index is 541. The first-order valence-corrected chi connectivity index (χ1v) is 8.22. The number of fused-ring (bicyclic) bond motifs is 1. The Morgan fingerprint density at radius 2 is 2.15 bits per heavy atom. The number of hydrogen-bond donors (Lipinski definition) is 1. The molecule has 0 aliphatic rings. The zero-order valence-electron chi connectivity index (χ0n) is 12.5. The summed E-state index contributed by atoms with van der Waals surface area (Å²) in [6.07, 6.45) is 3.54. The Hall–Kier alpha value is -1.20. The minimum atomic E-state index is 0.259. The molecule has 5 heteroatoms. The van der Waals surface area contributed by atoms with Gasteiger partial charge < -0.3 is 10.1 Å². The number of hydrogen-bond acceptors (Lipinski definition) is 5. The molecule has 0 aliphatic carbocycles. The molecular weight excluding hydrogens is 270 g/mol. The molecular formula is C15H23N3OS. The Morgan fingerprint density at radius 1 is 1.30 bits per heavy atom. The predicted octanol–water partition coefficient (Wildman–Crippen LogP) is 4.22. The van der Waals surface area contributed by atoms with Gasteiger partial charge in [0.05, 0.1) is 11.5 Å². The maximum absolute atomic E-state index is 5.81. The van der Waals surface area contributed by atoms with Crippen LogP contribution in [0.2, 0.25) is 0 Å². The SMILES string of the molecule is CCCNc1nc(COC(C)CCC)nc2sccc12. The van der Waals surface area contributed by atoms with E-state index >= 15 is 0 Å². The molecule has 0 amide bonds. The van der Waals surface area contributed by atoms with E-state index in [0.717, 1.165) is 47.7 Å². The van der Waals surface area contributed by atoms with Crippen LogP contribution in [0.3, 0.4) is 0 Å². The van der Waals surface area contributed by atoms with Crippen molar-refractivity contribution in [3.05, 3.63) is 17.3 Å². The third kappa shape index (κ3) is 3.90. The Labute approximate surface area is 124 Å². The third-order valence-corrected chi connectivity index (χ3v) is 3.91. The Morgan fingerprint density at radius 3 is 2.90 bits per heavy atom. The van der Waals surface area contributed by atoms with E-state index in [1.165, 1.54) is 0 Å². The molecule has 4 nitrogen and oxygen atoms in total. The van der Waals surface area contributed by atoms with Crippen LogP contribution in [0, 0.1) is 0 Å². The molecule has 1 unspecified atom stereocenters. The molecule has 0 saturated carbocycles. The van der Waals surface area contributed by atoms with Crippen molar-refractivity contribution in [3.63, 3.8) is 0 Å². The molecule has 0 fully saturated rings. The smallest absolute Gasteiger partial charge is 0.158 e. The van der Waals surface area contributed by atoms with Gasteiger partial charge >= 0.3 is 0 Å². The second-order valence-corrected chi connectivity index (χ2v) is 5.86. The van der Waals surface area contributed by atoms with Crippen molar-refractivity contribution in [3.8, 4) is 0 Å². The molecule has 1 atom stereocenters. The lowest BCUT2D eigenvalue weighted by Gasteiger charge is -2.12. The average Bonchev–Trinajstić information content (AvgIpc) is 2.91. The van der Waals surface area contributed by atoms with Crippen LogP contribution in [0.4, 0.5) is 5.82 Å². The number of nitrogens with zero attached hydrogens (tertiary/aromatic N) is 2. The van der Waals surface area contributed by atoms with Gasteiger partial charge in [-0.2, -0.15) is 0 Å². The molecule has 2 heterocycles. The van der Waals surface area contributed by atoms with E-state index in [1.54, 1.807) is 11.3 Å². The predicted molar refractivity (Wildman–Crippen MR) is 85.4 cm³/mol. The molecule has 20 heavy (non-hydrogen) atoms. The summed E-state index contributed by atoms with van der Waals surface area (Å²) in [6.45, 7) is 7.82. The van der Waals surface area contributed by atoms with E-state index in [9.17, 15) is 0 Å². The molecule has 2 rings (SSSR count). The quantitative estimate of drug-likeness (QED) is 0.791. The summed E-state index contributed by atoms with van der Waals surface area (Å²) >= 11 is 1.65. The first-order chi connectivity index (χ1) is 9.74. The highest BCUT2D eigenvalue weighted by molar-refractivity contribution is 7.16. The van der Waals surface area contributed by atoms with Gasteiger partial charge in [0.25, 0.3) is 0 Å². The summed E-state index contributed by atoms with van der Waals surface area (Å²) < 4.78 is 5.81. The van der Waals surface area contributed by atoms with Crippen LogP contribution in [0.1, 0.15) is 45.9 Å². The second kappa shape index (κ2) is 7.55. The molecule has 0 saturated heterocycles. The van der Waals surface area contributed by atoms with Crippen LogP contribution in [-0.4, -0.2) is 22.6 Å². The number of aromatic nitrogens is 2. The van der Waals surface area contributed by atoms with E-state index in [1.807, 2.05) is 0 Å². The maximum atomic E-state index is 5.81. The first-order valence-electron chi connectivity index (χ1n) is 7.34. The zero-order chi connectivity index (χ0) is 14.4. The summed E-state index contributed by atoms with van der Waals surface area (Å²) in [6, 6.07) is 2.07. The lowest BCUT2D eigenvalue weighted by atomic mass is 10.2. The summed E-state index contributed by atoms with van der Waals surface area (Å²) in [5, 5.41) is 6.54. The number of rotatable bonds is 8. The van der Waals surface area contributed by atoms with E-state index in [0.29, 0.717) is 6.61 Å². The number of anilines is 1. The summed E-state index contributed by atoms with van der Waals surface area (Å²) in [5.41, 5.74) is 0. The molecule has 1 N–H and O–H groups in total. The Balaban J connectivity index is 2.12. The van der Waals surface area contributed by atoms with Crippen LogP contribution in [0.15, 0.2) is 11.4 Å². The van der Waals surface area contributed by atoms with E-state index in [2.05, 4.69) is 47.5 Å². The molecule has 2 aromatic heterocycles. The largest absolute Gasteiger partial charge is 0.371 e. The molecule has 0 bridgehead atoms. The fourth-order valence-corrected chi connectivity index (χ4v) is 2.83. The number of thiophene rings is 1. The minimum absolute atomic E-state index is 0.259. The zero-order valence-corrected chi connectivity index (χ0v) is 13.3. The Kier molecular flexibility index (Phi) is 5.73. The van der Waals surface area contributed by atoms with Crippen LogP contribution in [0.25, 0.3) is 10.2 Å². The number of nitrogens with one attached hydrogen (secondary N) is 1. The molecule has 0 aliphatic heterocycles. The molecule has 2 aromatic rings. The van der Waals surface area contributed by atoms with Gasteiger partial charge in [-0.05, 0) is 31.2 Å². The van der Waals surface area contributed by atoms with Crippen molar-refractivity contribution in [1.29, 1.82) is 0 Å². The van der Waals surface area contributed by atoms with Crippen molar-refractivity contribution >= 4 is 27.4 Å². The van der Waals surface area contributed by atoms with Gasteiger partial charge in [-0.1, -0.05) is 20.3 Å². The topological polar surface area (TPSA) is 47.0 Å². The van der Waals surface area contributed by atoms with Crippen molar-refractivity contribution in [2.24, 2.45) is 0 Å². The highest BCUT2D eigenvalue weighted by Crippen LogP contribution is 2.25. The summed E-state index contributed by atoms with van der Waals surface area (Å²) in [4.78, 5) is 10.2. The third-order valence-electron chi connectivity index (χ3n) is 3.11. The van der Waals surface area contributed by atoms with Crippen LogP contribution in [0.5, 0.6) is 0 Å². The van der Waals surface area contributed by atoms with Crippen molar-refractivity contribution in [2.75, 3.05) is 11.9 Å². The molecule has 110 valence electrons. The molecule has 0 aromatic carbocycles. The lowest BCUT2D eigenvalue weighted by Crippen LogP contribution is -2.11. The highest BCUT2D eigenvalue weighted by atomic mass is 32.1. The standard InChI is InChI=1S/C15H23N3OS/c1-4-6-11(3)19-10-13-17-14(16-8-5-2)12-7-9-20-15(12)18-13/h7,9,11H,4-6,8,10H2,1-3H3,(H,16,17,18). The number of ether oxygens (including phenoxy) is 1. The minimum Gasteiger partial charge on any atom is -0.371 e. The van der Waals surface area contributed by atoms with Crippen molar-refractivity contribution < 1.29 is 4.74 Å². The van der Waals surface area contributed by atoms with Crippen LogP contribution >= 0.6 is 11.3 Å². The van der Waals surface area contributed by atoms with Crippen molar-refractivity contribution in [2.45, 2.75) is 52.7 Å². The van der Waals surface area contributed by atoms with E-state index in [4.69, 9.17) is 4.74 Å². The van der Waals surface area contributed by atoms with Gasteiger partial charge in [0, 0.05) is 6.54 Å². The van der Waals surface area contributed by atoms with E-state index < -0.39 is 0 Å². The highest BCUT2D eigenvalue weighted by Gasteiger charge is 2.10. The van der Waals surface area contributed by atoms with E-state index in [-0.39, 0.29) is 6.10 Å². The first kappa shape index (κ1) is 15.2. The van der Waals surface area contributed by atoms with Gasteiger partial charge in [-0.3, -0.25) is 0 Å². The normalized spacial score (nSPS) is 12.8. The monoisotopic (exact) mass is 293 g/mol. The fraction of sp³-hybridized carbons (Fsp3) is 0.600. The molecule has 0 radical (unpaired) electrons. The molecule has 0 spiro atoms. The van der Waals surface area contributed by atoms with Gasteiger partial charge in [-0.25, -0.2) is 9.97 Å². The van der Waals surface area contributed by atoms with Gasteiger partial charge in [0.1, 0.15) is 17.3 Å². The van der Waals surface area contributed by atoms with Crippen LogP contribution < -0.4 is 5.32 Å². The average molecular weight is 293 g/mol. The summed E-state index contributed by atoms with van der Waals surface area (Å²) in [5.74, 6) is 1.70. The maximum Gasteiger partial charge on any atom is 0.158 e. The van der Waals surface area contributed by atoms with Gasteiger partial charge in [0.15, 0.2) is 5.82 Å². The van der Waals surface area contributed by atoms with Crippen LogP contribution in [-0.2, 0) is 11.3 Å². The second-order valence-electron chi connectivity index (χ2n) is 4.96. The van der Waals surface area contributed by atoms with Gasteiger partial charge in [-0.15, -0.1) is 11.3 Å².